The molecule has 2 atom stereocenters. The number of anilines is 1. The van der Waals surface area contributed by atoms with Crippen molar-refractivity contribution < 1.29 is 32.2 Å². The Hall–Kier alpha value is -2.36. The van der Waals surface area contributed by atoms with Gasteiger partial charge >= 0.3 is 12.1 Å². The molecule has 0 saturated heterocycles. The number of alkyl halides is 3. The molecule has 0 unspecified atom stereocenters. The number of hydrogen-bond donors (Lipinski definition) is 1. The number of thiocarbonyl (C=S) groups is 1. The topological polar surface area (TPSA) is 56.8 Å². The lowest BCUT2D eigenvalue weighted by Gasteiger charge is -2.24. The number of carbonyl (C=O) groups is 1. The zero-order valence-electron chi connectivity index (χ0n) is 16.6. The minimum Gasteiger partial charge on any atom is -0.495 e. The zero-order valence-corrected chi connectivity index (χ0v) is 18.2. The molecule has 0 fully saturated rings. The van der Waals surface area contributed by atoms with E-state index in [1.807, 2.05) is 0 Å². The average molecular weight is 474 g/mol. The van der Waals surface area contributed by atoms with Gasteiger partial charge in [-0.05, 0) is 31.2 Å². The Morgan fingerprint density at radius 2 is 2.00 bits per heavy atom. The van der Waals surface area contributed by atoms with E-state index in [-0.39, 0.29) is 28.6 Å². The molecule has 31 heavy (non-hydrogen) atoms. The highest BCUT2D eigenvalue weighted by Crippen LogP contribution is 2.43. The molecule has 0 radical (unpaired) electrons. The van der Waals surface area contributed by atoms with Crippen LogP contribution in [0.2, 0.25) is 5.02 Å². The lowest BCUT2D eigenvalue weighted by atomic mass is 9.97. The SMILES string of the molecule is CCOC(=O)C[C@H]1O[C@H](c2cccc(OC)c2Cl)c2cc(C(F)(F)F)ccc2NC1=S. The predicted molar refractivity (Wildman–Crippen MR) is 114 cm³/mol. The number of fused-ring (bicyclic) bond motifs is 1. The van der Waals surface area contributed by atoms with Gasteiger partial charge in [-0.2, -0.15) is 13.2 Å². The Labute approximate surface area is 187 Å². The highest BCUT2D eigenvalue weighted by molar-refractivity contribution is 7.80. The third-order valence-electron chi connectivity index (χ3n) is 4.66. The van der Waals surface area contributed by atoms with Gasteiger partial charge in [-0.3, -0.25) is 4.79 Å². The summed E-state index contributed by atoms with van der Waals surface area (Å²) in [6.45, 7) is 1.84. The summed E-state index contributed by atoms with van der Waals surface area (Å²) in [4.78, 5) is 12.2. The van der Waals surface area contributed by atoms with Gasteiger partial charge in [-0.15, -0.1) is 0 Å². The first-order valence-corrected chi connectivity index (χ1v) is 10.1. The molecule has 10 heteroatoms. The van der Waals surface area contributed by atoms with Crippen LogP contribution in [0.25, 0.3) is 0 Å². The van der Waals surface area contributed by atoms with Crippen LogP contribution in [0.1, 0.15) is 36.1 Å². The van der Waals surface area contributed by atoms with E-state index in [1.54, 1.807) is 25.1 Å². The molecule has 0 saturated carbocycles. The highest BCUT2D eigenvalue weighted by atomic mass is 35.5. The number of rotatable bonds is 5. The monoisotopic (exact) mass is 473 g/mol. The molecular formula is C21H19ClF3NO4S. The van der Waals surface area contributed by atoms with Crippen LogP contribution >= 0.6 is 23.8 Å². The molecule has 0 bridgehead atoms. The van der Waals surface area contributed by atoms with Crippen LogP contribution in [0.15, 0.2) is 36.4 Å². The Bertz CT molecular complexity index is 999. The van der Waals surface area contributed by atoms with E-state index in [2.05, 4.69) is 5.32 Å². The van der Waals surface area contributed by atoms with E-state index in [0.717, 1.165) is 12.1 Å². The van der Waals surface area contributed by atoms with Crippen molar-refractivity contribution in [2.24, 2.45) is 0 Å². The number of nitrogens with one attached hydrogen (secondary N) is 1. The quantitative estimate of drug-likeness (QED) is 0.454. The molecule has 0 amide bonds. The number of benzene rings is 2. The van der Waals surface area contributed by atoms with Crippen LogP contribution in [-0.4, -0.2) is 30.8 Å². The maximum absolute atomic E-state index is 13.4. The Morgan fingerprint density at radius 3 is 2.65 bits per heavy atom. The minimum absolute atomic E-state index is 0.149. The molecule has 0 spiro atoms. The van der Waals surface area contributed by atoms with Crippen LogP contribution in [0.4, 0.5) is 18.9 Å². The summed E-state index contributed by atoms with van der Waals surface area (Å²) in [5, 5.41) is 3.08. The van der Waals surface area contributed by atoms with E-state index in [4.69, 9.17) is 38.0 Å². The van der Waals surface area contributed by atoms with E-state index < -0.39 is 29.9 Å². The maximum atomic E-state index is 13.4. The smallest absolute Gasteiger partial charge is 0.416 e. The third kappa shape index (κ3) is 5.11. The van der Waals surface area contributed by atoms with Crippen LogP contribution < -0.4 is 10.1 Å². The number of esters is 1. The Kier molecular flexibility index (Phi) is 7.08. The van der Waals surface area contributed by atoms with Gasteiger partial charge < -0.3 is 19.5 Å². The van der Waals surface area contributed by atoms with Gasteiger partial charge in [0.1, 0.15) is 22.9 Å². The summed E-state index contributed by atoms with van der Waals surface area (Å²) >= 11 is 11.8. The van der Waals surface area contributed by atoms with Crippen molar-refractivity contribution in [1.29, 1.82) is 0 Å². The normalized spacial score (nSPS) is 18.6. The van der Waals surface area contributed by atoms with E-state index in [1.165, 1.54) is 13.2 Å². The van der Waals surface area contributed by atoms with Crippen molar-refractivity contribution in [2.75, 3.05) is 19.0 Å². The lowest BCUT2D eigenvalue weighted by molar-refractivity contribution is -0.145. The van der Waals surface area contributed by atoms with Crippen LogP contribution in [0, 0.1) is 0 Å². The number of halogens is 4. The molecule has 0 aromatic heterocycles. The summed E-state index contributed by atoms with van der Waals surface area (Å²) in [7, 11) is 1.43. The lowest BCUT2D eigenvalue weighted by Crippen LogP contribution is -2.31. The molecule has 2 aromatic rings. The molecule has 1 aliphatic rings. The number of ether oxygens (including phenoxy) is 3. The molecule has 1 aliphatic heterocycles. The molecule has 1 heterocycles. The van der Waals surface area contributed by atoms with Gasteiger partial charge in [0, 0.05) is 16.8 Å². The molecule has 1 N–H and O–H groups in total. The van der Waals surface area contributed by atoms with Crippen molar-refractivity contribution in [2.45, 2.75) is 31.7 Å². The first-order valence-electron chi connectivity index (χ1n) is 9.31. The van der Waals surface area contributed by atoms with Gasteiger partial charge in [0.2, 0.25) is 0 Å². The average Bonchev–Trinajstić information content (AvgIpc) is 2.84. The third-order valence-corrected chi connectivity index (χ3v) is 5.43. The Morgan fingerprint density at radius 1 is 1.26 bits per heavy atom. The highest BCUT2D eigenvalue weighted by Gasteiger charge is 2.36. The molecule has 3 rings (SSSR count). The van der Waals surface area contributed by atoms with E-state index in [0.29, 0.717) is 17.0 Å². The zero-order chi connectivity index (χ0) is 22.8. The van der Waals surface area contributed by atoms with Crippen molar-refractivity contribution in [1.82, 2.24) is 0 Å². The van der Waals surface area contributed by atoms with Gasteiger partial charge in [0.25, 0.3) is 0 Å². The van der Waals surface area contributed by atoms with Crippen molar-refractivity contribution in [3.8, 4) is 5.75 Å². The maximum Gasteiger partial charge on any atom is 0.416 e. The summed E-state index contributed by atoms with van der Waals surface area (Å²) in [5.41, 5.74) is 0.0318. The first-order chi connectivity index (χ1) is 14.7. The van der Waals surface area contributed by atoms with Gasteiger partial charge in [0.15, 0.2) is 0 Å². The fraction of sp³-hybridized carbons (Fsp3) is 0.333. The summed E-state index contributed by atoms with van der Waals surface area (Å²) < 4.78 is 56.5. The second-order valence-electron chi connectivity index (χ2n) is 6.67. The minimum atomic E-state index is -4.56. The van der Waals surface area contributed by atoms with Crippen molar-refractivity contribution in [3.63, 3.8) is 0 Å². The molecule has 5 nitrogen and oxygen atoms in total. The number of methoxy groups -OCH3 is 1. The molecule has 2 aromatic carbocycles. The fourth-order valence-corrected chi connectivity index (χ4v) is 3.77. The van der Waals surface area contributed by atoms with Crippen LogP contribution in [0.5, 0.6) is 5.75 Å². The summed E-state index contributed by atoms with van der Waals surface area (Å²) in [6, 6.07) is 8.10. The fourth-order valence-electron chi connectivity index (χ4n) is 3.22. The first kappa shape index (κ1) is 23.3. The van der Waals surface area contributed by atoms with Gasteiger partial charge in [-0.1, -0.05) is 36.0 Å². The largest absolute Gasteiger partial charge is 0.495 e. The number of hydrogen-bond acceptors (Lipinski definition) is 5. The van der Waals surface area contributed by atoms with Crippen molar-refractivity contribution in [3.05, 3.63) is 58.1 Å². The van der Waals surface area contributed by atoms with Crippen molar-refractivity contribution >= 4 is 40.5 Å². The summed E-state index contributed by atoms with van der Waals surface area (Å²) in [5.74, 6) is -0.216. The molecule has 0 aliphatic carbocycles. The van der Waals surface area contributed by atoms with Crippen LogP contribution in [0.3, 0.4) is 0 Å². The Balaban J connectivity index is 2.14. The van der Waals surface area contributed by atoms with Gasteiger partial charge in [0.05, 0.1) is 30.7 Å². The van der Waals surface area contributed by atoms with Gasteiger partial charge in [-0.25, -0.2) is 0 Å². The summed E-state index contributed by atoms with van der Waals surface area (Å²) in [6.07, 6.45) is -6.76. The number of carbonyl (C=O) groups excluding carboxylic acids is 1. The predicted octanol–water partition coefficient (Wildman–Crippen LogP) is 5.55. The standard InChI is InChI=1S/C21H19ClF3NO4S/c1-3-29-17(27)10-16-20(31)26-14-8-7-11(21(23,24)25)9-13(14)19(30-16)12-5-4-6-15(28-2)18(12)22/h4-9,16,19H,3,10H2,1-2H3,(H,26,31)/t16-,19-/m1/s1. The molecule has 166 valence electrons. The molecular weight excluding hydrogens is 455 g/mol. The van der Waals surface area contributed by atoms with E-state index in [9.17, 15) is 18.0 Å². The second-order valence-corrected chi connectivity index (χ2v) is 7.48. The second kappa shape index (κ2) is 9.42. The van der Waals surface area contributed by atoms with E-state index >= 15 is 0 Å². The van der Waals surface area contributed by atoms with Crippen LogP contribution in [-0.2, 0) is 20.4 Å².